The molecule has 0 aromatic heterocycles. The first-order valence-electron chi connectivity index (χ1n) is 5.39. The van der Waals surface area contributed by atoms with Crippen LogP contribution in [0.4, 0.5) is 28.0 Å². The van der Waals surface area contributed by atoms with Gasteiger partial charge in [-0.25, -0.2) is 9.18 Å². The Hall–Kier alpha value is -1.44. The van der Waals surface area contributed by atoms with Crippen LogP contribution in [0.25, 0.3) is 0 Å². The number of thioether (sulfide) groups is 1. The van der Waals surface area contributed by atoms with E-state index in [0.717, 1.165) is 24.0 Å². The van der Waals surface area contributed by atoms with E-state index in [4.69, 9.17) is 0 Å². The molecule has 0 radical (unpaired) electrons. The van der Waals surface area contributed by atoms with Crippen molar-refractivity contribution in [1.82, 2.24) is 4.90 Å². The minimum Gasteiger partial charge on any atom is -0.314 e. The first kappa shape index (κ1) is 14.0. The summed E-state index contributed by atoms with van der Waals surface area (Å²) in [7, 11) is 0. The molecule has 0 aliphatic carbocycles. The summed E-state index contributed by atoms with van der Waals surface area (Å²) in [5.41, 5.74) is -2.01. The fraction of sp³-hybridized carbons (Fsp3) is 0.364. The van der Waals surface area contributed by atoms with Crippen molar-refractivity contribution >= 4 is 23.5 Å². The van der Waals surface area contributed by atoms with Gasteiger partial charge in [-0.15, -0.1) is 11.8 Å². The second kappa shape index (κ2) is 5.28. The van der Waals surface area contributed by atoms with Crippen LogP contribution in [-0.4, -0.2) is 29.1 Å². The summed E-state index contributed by atoms with van der Waals surface area (Å²) in [4.78, 5) is 13.0. The molecular weight excluding hydrogens is 284 g/mol. The molecule has 1 aliphatic heterocycles. The molecule has 1 saturated heterocycles. The van der Waals surface area contributed by atoms with Crippen LogP contribution in [0.5, 0.6) is 0 Å². The van der Waals surface area contributed by atoms with E-state index in [1.165, 1.54) is 16.7 Å². The Kier molecular flexibility index (Phi) is 3.88. The van der Waals surface area contributed by atoms with E-state index in [0.29, 0.717) is 12.4 Å². The van der Waals surface area contributed by atoms with Crippen LogP contribution in [0.2, 0.25) is 0 Å². The van der Waals surface area contributed by atoms with Gasteiger partial charge in [0.05, 0.1) is 17.1 Å². The van der Waals surface area contributed by atoms with E-state index in [2.05, 4.69) is 0 Å². The highest BCUT2D eigenvalue weighted by molar-refractivity contribution is 7.99. The predicted octanol–water partition coefficient (Wildman–Crippen LogP) is 3.38. The second-order valence-electron chi connectivity index (χ2n) is 3.89. The molecule has 1 aliphatic rings. The summed E-state index contributed by atoms with van der Waals surface area (Å²) < 4.78 is 51.7. The van der Waals surface area contributed by atoms with E-state index < -0.39 is 29.3 Å². The molecule has 1 N–H and O–H groups in total. The summed E-state index contributed by atoms with van der Waals surface area (Å²) in [5.74, 6) is 0.00775. The maximum atomic E-state index is 13.5. The van der Waals surface area contributed by atoms with Crippen LogP contribution < -0.4 is 5.32 Å². The third kappa shape index (κ3) is 3.12. The van der Waals surface area contributed by atoms with Gasteiger partial charge in [0, 0.05) is 12.3 Å². The van der Waals surface area contributed by atoms with Crippen LogP contribution in [0.1, 0.15) is 5.56 Å². The lowest BCUT2D eigenvalue weighted by Gasteiger charge is -2.18. The number of nitrogens with one attached hydrogen (secondary N) is 1. The third-order valence-corrected chi connectivity index (χ3v) is 3.56. The average molecular weight is 294 g/mol. The Morgan fingerprint density at radius 3 is 2.68 bits per heavy atom. The molecule has 0 unspecified atom stereocenters. The summed E-state index contributed by atoms with van der Waals surface area (Å²) in [5, 5.41) is 2.01. The van der Waals surface area contributed by atoms with E-state index >= 15 is 0 Å². The summed E-state index contributed by atoms with van der Waals surface area (Å²) in [6, 6.07) is 1.85. The highest BCUT2D eigenvalue weighted by atomic mass is 32.2. The Bertz CT molecular complexity index is 486. The number of amides is 2. The van der Waals surface area contributed by atoms with E-state index in [1.807, 2.05) is 5.32 Å². The fourth-order valence-electron chi connectivity index (χ4n) is 1.65. The highest BCUT2D eigenvalue weighted by Crippen LogP contribution is 2.36. The molecule has 3 nitrogen and oxygen atoms in total. The number of alkyl halides is 3. The number of hydrogen-bond acceptors (Lipinski definition) is 2. The Balaban J connectivity index is 2.26. The number of anilines is 1. The SMILES string of the molecule is O=C(Nc1c(F)cccc1C(F)(F)F)N1CCSC1. The van der Waals surface area contributed by atoms with Crippen molar-refractivity contribution in [2.45, 2.75) is 6.18 Å². The van der Waals surface area contributed by atoms with Crippen molar-refractivity contribution in [2.75, 3.05) is 23.5 Å². The molecule has 0 atom stereocenters. The molecule has 8 heteroatoms. The van der Waals surface area contributed by atoms with Gasteiger partial charge >= 0.3 is 12.2 Å². The van der Waals surface area contributed by atoms with Gasteiger partial charge in [0.1, 0.15) is 5.82 Å². The number of nitrogens with zero attached hydrogens (tertiary/aromatic N) is 1. The molecule has 104 valence electrons. The molecule has 1 heterocycles. The van der Waals surface area contributed by atoms with Crippen molar-refractivity contribution < 1.29 is 22.4 Å². The zero-order valence-electron chi connectivity index (χ0n) is 9.63. The van der Waals surface area contributed by atoms with Crippen molar-refractivity contribution in [3.8, 4) is 0 Å². The zero-order chi connectivity index (χ0) is 14.0. The number of rotatable bonds is 1. The summed E-state index contributed by atoms with van der Waals surface area (Å²) in [6.07, 6.45) is -4.72. The topological polar surface area (TPSA) is 32.3 Å². The van der Waals surface area contributed by atoms with Crippen LogP contribution in [0.3, 0.4) is 0 Å². The van der Waals surface area contributed by atoms with Gasteiger partial charge in [-0.3, -0.25) is 0 Å². The van der Waals surface area contributed by atoms with Crippen molar-refractivity contribution in [1.29, 1.82) is 0 Å². The number of halogens is 4. The standard InChI is InChI=1S/C11H10F4N2OS/c12-8-3-1-2-7(11(13,14)15)9(8)16-10(18)17-4-5-19-6-17/h1-3H,4-6H2,(H,16,18). The molecule has 1 fully saturated rings. The highest BCUT2D eigenvalue weighted by Gasteiger charge is 2.35. The Morgan fingerprint density at radius 1 is 1.37 bits per heavy atom. The molecule has 0 spiro atoms. The zero-order valence-corrected chi connectivity index (χ0v) is 10.4. The largest absolute Gasteiger partial charge is 0.418 e. The van der Waals surface area contributed by atoms with Crippen molar-refractivity contribution in [3.05, 3.63) is 29.6 Å². The number of benzene rings is 1. The smallest absolute Gasteiger partial charge is 0.314 e. The van der Waals surface area contributed by atoms with Gasteiger partial charge in [-0.1, -0.05) is 6.07 Å². The van der Waals surface area contributed by atoms with Crippen LogP contribution in [0.15, 0.2) is 18.2 Å². The molecule has 2 rings (SSSR count). The third-order valence-electron chi connectivity index (χ3n) is 2.59. The monoisotopic (exact) mass is 294 g/mol. The predicted molar refractivity (Wildman–Crippen MR) is 64.5 cm³/mol. The van der Waals surface area contributed by atoms with E-state index in [1.54, 1.807) is 0 Å². The van der Waals surface area contributed by atoms with Gasteiger partial charge in [-0.2, -0.15) is 13.2 Å². The molecule has 2 amide bonds. The lowest BCUT2D eigenvalue weighted by Crippen LogP contribution is -2.33. The normalized spacial score (nSPS) is 15.7. The van der Waals surface area contributed by atoms with Gasteiger partial charge in [0.2, 0.25) is 0 Å². The molecule has 0 bridgehead atoms. The Labute approximate surface area is 111 Å². The lowest BCUT2D eigenvalue weighted by atomic mass is 10.1. The number of carbonyl (C=O) groups excluding carboxylic acids is 1. The maximum Gasteiger partial charge on any atom is 0.418 e. The molecule has 1 aromatic carbocycles. The number of carbonyl (C=O) groups is 1. The summed E-state index contributed by atoms with van der Waals surface area (Å²) >= 11 is 1.48. The number of hydrogen-bond donors (Lipinski definition) is 1. The van der Waals surface area contributed by atoms with E-state index in [9.17, 15) is 22.4 Å². The number of para-hydroxylation sites is 1. The van der Waals surface area contributed by atoms with Gasteiger partial charge in [-0.05, 0) is 12.1 Å². The minimum absolute atomic E-state index is 0.391. The van der Waals surface area contributed by atoms with Crippen molar-refractivity contribution in [3.63, 3.8) is 0 Å². The fourth-order valence-corrected chi connectivity index (χ4v) is 2.59. The number of urea groups is 1. The maximum absolute atomic E-state index is 13.5. The van der Waals surface area contributed by atoms with Crippen molar-refractivity contribution in [2.24, 2.45) is 0 Å². The first-order chi connectivity index (χ1) is 8.89. The average Bonchev–Trinajstić information content (AvgIpc) is 2.83. The van der Waals surface area contributed by atoms with E-state index in [-0.39, 0.29) is 0 Å². The molecule has 0 saturated carbocycles. The first-order valence-corrected chi connectivity index (χ1v) is 6.54. The van der Waals surface area contributed by atoms with Gasteiger partial charge in [0.15, 0.2) is 0 Å². The summed E-state index contributed by atoms with van der Waals surface area (Å²) in [6.45, 7) is 0.437. The van der Waals surface area contributed by atoms with Gasteiger partial charge < -0.3 is 10.2 Å². The lowest BCUT2D eigenvalue weighted by molar-refractivity contribution is -0.137. The molecular formula is C11H10F4N2OS. The molecule has 1 aromatic rings. The van der Waals surface area contributed by atoms with Crippen LogP contribution >= 0.6 is 11.8 Å². The molecule has 19 heavy (non-hydrogen) atoms. The second-order valence-corrected chi connectivity index (χ2v) is 4.97. The quantitative estimate of drug-likeness (QED) is 0.805. The van der Waals surface area contributed by atoms with Gasteiger partial charge in [0.25, 0.3) is 0 Å². The Morgan fingerprint density at radius 2 is 2.11 bits per heavy atom. The minimum atomic E-state index is -4.72. The van der Waals surface area contributed by atoms with Crippen LogP contribution in [0, 0.1) is 5.82 Å². The van der Waals surface area contributed by atoms with Crippen LogP contribution in [-0.2, 0) is 6.18 Å².